The van der Waals surface area contributed by atoms with Crippen molar-refractivity contribution in [2.75, 3.05) is 29.9 Å². The number of hydrogen-bond donors (Lipinski definition) is 2. The van der Waals surface area contributed by atoms with Crippen molar-refractivity contribution in [2.24, 2.45) is 0 Å². The highest BCUT2D eigenvalue weighted by molar-refractivity contribution is 6.31. The standard InChI is InChI=1S/C11H13ClN2O2/c12-8-2-3-9-10(6-8)14(7-11(15)16)5-1-4-13-9/h2-3,6,13H,1,4-5,7H2,(H,15,16). The van der Waals surface area contributed by atoms with E-state index in [4.69, 9.17) is 16.7 Å². The molecule has 0 atom stereocenters. The van der Waals surface area contributed by atoms with Crippen LogP contribution in [-0.4, -0.2) is 30.7 Å². The van der Waals surface area contributed by atoms with Crippen LogP contribution in [0.2, 0.25) is 5.02 Å². The van der Waals surface area contributed by atoms with E-state index in [9.17, 15) is 4.79 Å². The van der Waals surface area contributed by atoms with Crippen LogP contribution in [0.4, 0.5) is 11.4 Å². The molecule has 1 heterocycles. The van der Waals surface area contributed by atoms with Gasteiger partial charge in [-0.2, -0.15) is 0 Å². The Morgan fingerprint density at radius 3 is 3.12 bits per heavy atom. The highest BCUT2D eigenvalue weighted by Gasteiger charge is 2.17. The van der Waals surface area contributed by atoms with Gasteiger partial charge in [0.15, 0.2) is 0 Å². The molecule has 86 valence electrons. The number of aliphatic carboxylic acids is 1. The minimum atomic E-state index is -0.826. The van der Waals surface area contributed by atoms with Crippen LogP contribution in [0, 0.1) is 0 Å². The van der Waals surface area contributed by atoms with Crippen LogP contribution in [-0.2, 0) is 4.79 Å². The Labute approximate surface area is 98.8 Å². The van der Waals surface area contributed by atoms with Gasteiger partial charge in [0.25, 0.3) is 0 Å². The van der Waals surface area contributed by atoms with E-state index in [2.05, 4.69) is 5.32 Å². The number of rotatable bonds is 2. The van der Waals surface area contributed by atoms with Crippen LogP contribution in [0.3, 0.4) is 0 Å². The molecule has 2 N–H and O–H groups in total. The molecule has 2 rings (SSSR count). The van der Waals surface area contributed by atoms with Crippen LogP contribution in [0.25, 0.3) is 0 Å². The number of hydrogen-bond acceptors (Lipinski definition) is 3. The lowest BCUT2D eigenvalue weighted by atomic mass is 10.2. The highest BCUT2D eigenvalue weighted by atomic mass is 35.5. The fraction of sp³-hybridized carbons (Fsp3) is 0.364. The molecule has 0 amide bonds. The number of carboxylic acid groups (broad SMARTS) is 1. The van der Waals surface area contributed by atoms with Gasteiger partial charge in [-0.05, 0) is 24.6 Å². The van der Waals surface area contributed by atoms with Crippen LogP contribution >= 0.6 is 11.6 Å². The summed E-state index contributed by atoms with van der Waals surface area (Å²) in [6, 6.07) is 5.49. The third-order valence-electron chi connectivity index (χ3n) is 2.55. The summed E-state index contributed by atoms with van der Waals surface area (Å²) >= 11 is 5.93. The fourth-order valence-corrected chi connectivity index (χ4v) is 2.02. The summed E-state index contributed by atoms with van der Waals surface area (Å²) in [6.07, 6.45) is 0.916. The van der Waals surface area contributed by atoms with Crippen molar-refractivity contribution in [1.82, 2.24) is 0 Å². The van der Waals surface area contributed by atoms with E-state index < -0.39 is 5.97 Å². The normalized spacial score (nSPS) is 14.9. The molecule has 0 aromatic heterocycles. The van der Waals surface area contributed by atoms with Crippen molar-refractivity contribution in [3.8, 4) is 0 Å². The van der Waals surface area contributed by atoms with Crippen LogP contribution in [0.5, 0.6) is 0 Å². The molecule has 1 aromatic rings. The summed E-state index contributed by atoms with van der Waals surface area (Å²) in [5.41, 5.74) is 1.82. The van der Waals surface area contributed by atoms with Gasteiger partial charge in [0.2, 0.25) is 0 Å². The average molecular weight is 241 g/mol. The largest absolute Gasteiger partial charge is 0.480 e. The van der Waals surface area contributed by atoms with E-state index in [1.54, 1.807) is 12.1 Å². The minimum absolute atomic E-state index is 0.00895. The number of halogens is 1. The van der Waals surface area contributed by atoms with Gasteiger partial charge in [-0.1, -0.05) is 11.6 Å². The molecule has 16 heavy (non-hydrogen) atoms. The summed E-state index contributed by atoms with van der Waals surface area (Å²) < 4.78 is 0. The number of nitrogens with one attached hydrogen (secondary N) is 1. The van der Waals surface area contributed by atoms with Crippen LogP contribution in [0.1, 0.15) is 6.42 Å². The molecule has 0 saturated heterocycles. The Kier molecular flexibility index (Phi) is 3.19. The van der Waals surface area contributed by atoms with Crippen molar-refractivity contribution in [1.29, 1.82) is 0 Å². The molecule has 4 nitrogen and oxygen atoms in total. The number of fused-ring (bicyclic) bond motifs is 1. The van der Waals surface area contributed by atoms with Gasteiger partial charge in [0, 0.05) is 18.1 Å². The molecule has 5 heteroatoms. The molecule has 0 radical (unpaired) electrons. The molecule has 0 spiro atoms. The van der Waals surface area contributed by atoms with Gasteiger partial charge in [-0.15, -0.1) is 0 Å². The first kappa shape index (κ1) is 11.1. The smallest absolute Gasteiger partial charge is 0.323 e. The van der Waals surface area contributed by atoms with Crippen molar-refractivity contribution in [2.45, 2.75) is 6.42 Å². The Balaban J connectivity index is 2.34. The van der Waals surface area contributed by atoms with Crippen LogP contribution < -0.4 is 10.2 Å². The Morgan fingerprint density at radius 2 is 2.38 bits per heavy atom. The lowest BCUT2D eigenvalue weighted by molar-refractivity contribution is -0.135. The van der Waals surface area contributed by atoms with Gasteiger partial charge in [-0.25, -0.2) is 0 Å². The highest BCUT2D eigenvalue weighted by Crippen LogP contribution is 2.31. The van der Waals surface area contributed by atoms with E-state index in [0.717, 1.165) is 30.9 Å². The quantitative estimate of drug-likeness (QED) is 0.831. The van der Waals surface area contributed by atoms with Gasteiger partial charge in [0.05, 0.1) is 11.4 Å². The maximum atomic E-state index is 10.8. The summed E-state index contributed by atoms with van der Waals surface area (Å²) in [6.45, 7) is 1.59. The number of nitrogens with zero attached hydrogens (tertiary/aromatic N) is 1. The molecule has 0 fully saturated rings. The van der Waals surface area contributed by atoms with E-state index in [1.165, 1.54) is 0 Å². The van der Waals surface area contributed by atoms with Crippen molar-refractivity contribution >= 4 is 28.9 Å². The van der Waals surface area contributed by atoms with E-state index >= 15 is 0 Å². The molecule has 1 aliphatic heterocycles. The molecular formula is C11H13ClN2O2. The number of carboxylic acids is 1. The Hall–Kier alpha value is -1.42. The lowest BCUT2D eigenvalue weighted by Gasteiger charge is -2.22. The third kappa shape index (κ3) is 2.39. The molecule has 1 aromatic carbocycles. The molecule has 0 saturated carbocycles. The first-order valence-corrected chi connectivity index (χ1v) is 5.55. The molecule has 0 aliphatic carbocycles. The minimum Gasteiger partial charge on any atom is -0.480 e. The van der Waals surface area contributed by atoms with Gasteiger partial charge in [-0.3, -0.25) is 4.79 Å². The average Bonchev–Trinajstić information content (AvgIpc) is 2.41. The first-order chi connectivity index (χ1) is 7.66. The number of anilines is 2. The predicted molar refractivity (Wildman–Crippen MR) is 64.4 cm³/mol. The molecular weight excluding hydrogens is 228 g/mol. The molecule has 0 bridgehead atoms. The van der Waals surface area contributed by atoms with E-state index in [1.807, 2.05) is 11.0 Å². The predicted octanol–water partition coefficient (Wildman–Crippen LogP) is 2.05. The van der Waals surface area contributed by atoms with Crippen molar-refractivity contribution < 1.29 is 9.90 Å². The van der Waals surface area contributed by atoms with E-state index in [0.29, 0.717) is 5.02 Å². The SMILES string of the molecule is O=C(O)CN1CCCNc2ccc(Cl)cc21. The summed E-state index contributed by atoms with van der Waals surface area (Å²) in [5.74, 6) is -0.826. The zero-order valence-corrected chi connectivity index (χ0v) is 9.50. The maximum absolute atomic E-state index is 10.8. The van der Waals surface area contributed by atoms with Gasteiger partial charge in [0.1, 0.15) is 6.54 Å². The van der Waals surface area contributed by atoms with E-state index in [-0.39, 0.29) is 6.54 Å². The van der Waals surface area contributed by atoms with Crippen molar-refractivity contribution in [3.63, 3.8) is 0 Å². The summed E-state index contributed by atoms with van der Waals surface area (Å²) in [5, 5.41) is 12.7. The monoisotopic (exact) mass is 240 g/mol. The topological polar surface area (TPSA) is 52.6 Å². The molecule has 0 unspecified atom stereocenters. The van der Waals surface area contributed by atoms with Crippen LogP contribution in [0.15, 0.2) is 18.2 Å². The zero-order valence-electron chi connectivity index (χ0n) is 8.74. The zero-order chi connectivity index (χ0) is 11.5. The van der Waals surface area contributed by atoms with Gasteiger partial charge < -0.3 is 15.3 Å². The summed E-state index contributed by atoms with van der Waals surface area (Å²) in [7, 11) is 0. The molecule has 1 aliphatic rings. The third-order valence-corrected chi connectivity index (χ3v) is 2.78. The second-order valence-electron chi connectivity index (χ2n) is 3.76. The van der Waals surface area contributed by atoms with Crippen molar-refractivity contribution in [3.05, 3.63) is 23.2 Å². The summed E-state index contributed by atoms with van der Waals surface area (Å²) in [4.78, 5) is 12.6. The first-order valence-electron chi connectivity index (χ1n) is 5.17. The Morgan fingerprint density at radius 1 is 1.56 bits per heavy atom. The second-order valence-corrected chi connectivity index (χ2v) is 4.19. The number of benzene rings is 1. The maximum Gasteiger partial charge on any atom is 0.323 e. The van der Waals surface area contributed by atoms with Gasteiger partial charge >= 0.3 is 5.97 Å². The number of carbonyl (C=O) groups is 1. The Bertz CT molecular complexity index is 409. The lowest BCUT2D eigenvalue weighted by Crippen LogP contribution is -2.30. The fourth-order valence-electron chi connectivity index (χ4n) is 1.86. The second kappa shape index (κ2) is 4.61.